The second-order valence-electron chi connectivity index (χ2n) is 5.06. The summed E-state index contributed by atoms with van der Waals surface area (Å²) < 4.78 is 6.19. The minimum atomic E-state index is -0.273. The van der Waals surface area contributed by atoms with Crippen molar-refractivity contribution in [1.82, 2.24) is 0 Å². The molecule has 100 valence electrons. The molecular formula is C14H28NO2+. The van der Waals surface area contributed by atoms with Gasteiger partial charge in [-0.1, -0.05) is 20.4 Å². The van der Waals surface area contributed by atoms with Crippen molar-refractivity contribution in [2.75, 3.05) is 33.3 Å². The first-order chi connectivity index (χ1) is 7.95. The summed E-state index contributed by atoms with van der Waals surface area (Å²) in [6, 6.07) is 0. The molecule has 0 aliphatic heterocycles. The summed E-state index contributed by atoms with van der Waals surface area (Å²) in [5.41, 5.74) is 0.476. The summed E-state index contributed by atoms with van der Waals surface area (Å²) in [5.74, 6) is -0.273. The number of nitrogens with zero attached hydrogens (tertiary/aromatic N) is 1. The van der Waals surface area contributed by atoms with Crippen molar-refractivity contribution in [2.24, 2.45) is 0 Å². The van der Waals surface area contributed by atoms with Gasteiger partial charge >= 0.3 is 5.97 Å². The normalized spacial score (nSPS) is 11.3. The molecule has 0 saturated carbocycles. The highest BCUT2D eigenvalue weighted by Crippen LogP contribution is 2.07. The number of quaternary nitrogens is 1. The Balaban J connectivity index is 3.90. The molecule has 0 spiro atoms. The van der Waals surface area contributed by atoms with E-state index in [1.54, 1.807) is 6.92 Å². The minimum absolute atomic E-state index is 0.273. The molecule has 0 aliphatic carbocycles. The highest BCUT2D eigenvalue weighted by Gasteiger charge is 2.18. The predicted molar refractivity (Wildman–Crippen MR) is 71.8 cm³/mol. The molecular weight excluding hydrogens is 214 g/mol. The fraction of sp³-hybridized carbons (Fsp3) is 0.786. The molecule has 0 aliphatic rings. The highest BCUT2D eigenvalue weighted by atomic mass is 16.5. The number of hydrogen-bond donors (Lipinski definition) is 0. The molecule has 0 N–H and O–H groups in total. The van der Waals surface area contributed by atoms with Crippen molar-refractivity contribution in [3.8, 4) is 0 Å². The molecule has 0 aromatic carbocycles. The van der Waals surface area contributed by atoms with Crippen LogP contribution >= 0.6 is 0 Å². The summed E-state index contributed by atoms with van der Waals surface area (Å²) in [4.78, 5) is 11.2. The lowest BCUT2D eigenvalue weighted by molar-refractivity contribution is -0.909. The minimum Gasteiger partial charge on any atom is -0.462 e. The van der Waals surface area contributed by atoms with E-state index in [1.165, 1.54) is 25.9 Å². The first kappa shape index (κ1) is 16.2. The monoisotopic (exact) mass is 242 g/mol. The predicted octanol–water partition coefficient (Wildman–Crippen LogP) is 2.76. The second kappa shape index (κ2) is 8.29. The molecule has 3 nitrogen and oxygen atoms in total. The fourth-order valence-electron chi connectivity index (χ4n) is 2.15. The van der Waals surface area contributed by atoms with Crippen molar-refractivity contribution in [1.29, 1.82) is 0 Å². The molecule has 0 bridgehead atoms. The van der Waals surface area contributed by atoms with E-state index in [2.05, 4.69) is 27.5 Å². The third-order valence-electron chi connectivity index (χ3n) is 2.95. The summed E-state index contributed by atoms with van der Waals surface area (Å²) in [6.45, 7) is 13.6. The molecule has 3 heteroatoms. The average Bonchev–Trinajstić information content (AvgIpc) is 2.24. The van der Waals surface area contributed by atoms with Crippen molar-refractivity contribution in [2.45, 2.75) is 40.0 Å². The van der Waals surface area contributed by atoms with Gasteiger partial charge in [0, 0.05) is 12.0 Å². The van der Waals surface area contributed by atoms with E-state index in [-0.39, 0.29) is 5.97 Å². The van der Waals surface area contributed by atoms with Crippen LogP contribution in [0.2, 0.25) is 0 Å². The maximum Gasteiger partial charge on any atom is 0.333 e. The number of hydrogen-bond acceptors (Lipinski definition) is 2. The van der Waals surface area contributed by atoms with Gasteiger partial charge in [-0.15, -0.1) is 0 Å². The number of carbonyl (C=O) groups excluding carboxylic acids is 1. The molecule has 0 saturated heterocycles. The van der Waals surface area contributed by atoms with Crippen LogP contribution in [0, 0.1) is 0 Å². The topological polar surface area (TPSA) is 26.3 Å². The number of esters is 1. The van der Waals surface area contributed by atoms with Crippen LogP contribution < -0.4 is 0 Å². The SMILES string of the molecule is C=C(C)C(=O)OCCC[N+](C)(CCC)CCC. The Bertz CT molecular complexity index is 243. The summed E-state index contributed by atoms with van der Waals surface area (Å²) in [5, 5.41) is 0. The van der Waals surface area contributed by atoms with Gasteiger partial charge in [0.15, 0.2) is 0 Å². The Morgan fingerprint density at radius 3 is 2.12 bits per heavy atom. The largest absolute Gasteiger partial charge is 0.462 e. The van der Waals surface area contributed by atoms with Crippen LogP contribution in [0.4, 0.5) is 0 Å². The quantitative estimate of drug-likeness (QED) is 0.269. The zero-order valence-corrected chi connectivity index (χ0v) is 11.9. The Labute approximate surface area is 106 Å². The van der Waals surface area contributed by atoms with Crippen LogP contribution in [0.5, 0.6) is 0 Å². The molecule has 0 aromatic heterocycles. The Morgan fingerprint density at radius 2 is 1.71 bits per heavy atom. The Hall–Kier alpha value is -0.830. The fourth-order valence-corrected chi connectivity index (χ4v) is 2.15. The van der Waals surface area contributed by atoms with Crippen molar-refractivity contribution >= 4 is 5.97 Å². The summed E-state index contributed by atoms with van der Waals surface area (Å²) >= 11 is 0. The van der Waals surface area contributed by atoms with Crippen LogP contribution in [-0.4, -0.2) is 43.7 Å². The van der Waals surface area contributed by atoms with Crippen molar-refractivity contribution < 1.29 is 14.0 Å². The number of rotatable bonds is 9. The standard InChI is InChI=1S/C14H28NO2/c1-6-9-15(5,10-7-2)11-8-12-17-14(16)13(3)4/h3,6-12H2,1-2,4-5H3/q+1. The van der Waals surface area contributed by atoms with Crippen molar-refractivity contribution in [3.63, 3.8) is 0 Å². The van der Waals surface area contributed by atoms with E-state index in [9.17, 15) is 4.79 Å². The van der Waals surface area contributed by atoms with Gasteiger partial charge < -0.3 is 9.22 Å². The third kappa shape index (κ3) is 7.16. The van der Waals surface area contributed by atoms with Gasteiger partial charge in [-0.2, -0.15) is 0 Å². The lowest BCUT2D eigenvalue weighted by Gasteiger charge is -2.34. The summed E-state index contributed by atoms with van der Waals surface area (Å²) in [7, 11) is 2.29. The zero-order valence-electron chi connectivity index (χ0n) is 11.9. The lowest BCUT2D eigenvalue weighted by Crippen LogP contribution is -2.46. The molecule has 0 aromatic rings. The van der Waals surface area contributed by atoms with E-state index in [1.807, 2.05) is 0 Å². The van der Waals surface area contributed by atoms with Gasteiger partial charge in [-0.25, -0.2) is 4.79 Å². The first-order valence-electron chi connectivity index (χ1n) is 6.61. The molecule has 0 heterocycles. The van der Waals surface area contributed by atoms with Gasteiger partial charge in [-0.05, 0) is 19.8 Å². The molecule has 0 rings (SSSR count). The van der Waals surface area contributed by atoms with E-state index >= 15 is 0 Å². The van der Waals surface area contributed by atoms with E-state index in [0.29, 0.717) is 12.2 Å². The summed E-state index contributed by atoms with van der Waals surface area (Å²) in [6.07, 6.45) is 3.32. The van der Waals surface area contributed by atoms with Gasteiger partial charge in [0.25, 0.3) is 0 Å². The average molecular weight is 242 g/mol. The van der Waals surface area contributed by atoms with Gasteiger partial charge in [0.2, 0.25) is 0 Å². The van der Waals surface area contributed by atoms with E-state index < -0.39 is 0 Å². The van der Waals surface area contributed by atoms with E-state index in [4.69, 9.17) is 4.74 Å². The van der Waals surface area contributed by atoms with Gasteiger partial charge in [-0.3, -0.25) is 0 Å². The number of carbonyl (C=O) groups is 1. The Kier molecular flexibility index (Phi) is 7.88. The van der Waals surface area contributed by atoms with Crippen molar-refractivity contribution in [3.05, 3.63) is 12.2 Å². The van der Waals surface area contributed by atoms with Gasteiger partial charge in [0.05, 0.1) is 33.3 Å². The molecule has 0 amide bonds. The maximum atomic E-state index is 11.2. The Morgan fingerprint density at radius 1 is 1.18 bits per heavy atom. The molecule has 17 heavy (non-hydrogen) atoms. The molecule has 0 atom stereocenters. The molecule has 0 radical (unpaired) electrons. The first-order valence-corrected chi connectivity index (χ1v) is 6.61. The third-order valence-corrected chi connectivity index (χ3v) is 2.95. The molecule has 0 unspecified atom stereocenters. The lowest BCUT2D eigenvalue weighted by atomic mass is 10.2. The van der Waals surface area contributed by atoms with Crippen LogP contribution in [0.1, 0.15) is 40.0 Å². The molecule has 0 fully saturated rings. The maximum absolute atomic E-state index is 11.2. The van der Waals surface area contributed by atoms with Crippen LogP contribution in [0.25, 0.3) is 0 Å². The van der Waals surface area contributed by atoms with Crippen LogP contribution in [0.3, 0.4) is 0 Å². The smallest absolute Gasteiger partial charge is 0.333 e. The number of ether oxygens (including phenoxy) is 1. The zero-order chi connectivity index (χ0) is 13.3. The van der Waals surface area contributed by atoms with Crippen LogP contribution in [0.15, 0.2) is 12.2 Å². The van der Waals surface area contributed by atoms with Crippen LogP contribution in [-0.2, 0) is 9.53 Å². The van der Waals surface area contributed by atoms with Gasteiger partial charge in [0.1, 0.15) is 0 Å². The van der Waals surface area contributed by atoms with E-state index in [0.717, 1.165) is 17.4 Å². The second-order valence-corrected chi connectivity index (χ2v) is 5.06. The highest BCUT2D eigenvalue weighted by molar-refractivity contribution is 5.86.